The Morgan fingerprint density at radius 1 is 1.33 bits per heavy atom. The molecule has 0 aliphatic heterocycles. The van der Waals surface area contributed by atoms with Gasteiger partial charge < -0.3 is 20.6 Å². The Labute approximate surface area is 197 Å². The summed E-state index contributed by atoms with van der Waals surface area (Å²) in [5, 5.41) is 18.4. The molecule has 33 heavy (non-hydrogen) atoms. The summed E-state index contributed by atoms with van der Waals surface area (Å²) in [5.41, 5.74) is 7.24. The molecule has 0 fully saturated rings. The fourth-order valence-corrected chi connectivity index (χ4v) is 4.28. The predicted molar refractivity (Wildman–Crippen MR) is 127 cm³/mol. The van der Waals surface area contributed by atoms with Gasteiger partial charge in [0.05, 0.1) is 25.3 Å². The van der Waals surface area contributed by atoms with Crippen LogP contribution >= 0.6 is 11.8 Å². The van der Waals surface area contributed by atoms with Gasteiger partial charge in [-0.05, 0) is 17.5 Å². The average molecular weight is 467 g/mol. The fourth-order valence-electron chi connectivity index (χ4n) is 3.22. The van der Waals surface area contributed by atoms with Crippen LogP contribution in [0, 0.1) is 17.9 Å². The highest BCUT2D eigenvalue weighted by atomic mass is 32.2. The highest BCUT2D eigenvalue weighted by Gasteiger charge is 2.27. The molecule has 2 amide bonds. The van der Waals surface area contributed by atoms with Gasteiger partial charge in [0, 0.05) is 20.6 Å². The Morgan fingerprint density at radius 3 is 2.52 bits per heavy atom. The average Bonchev–Trinajstić information content (AvgIpc) is 2.81. The number of aliphatic hydroxyl groups is 1. The summed E-state index contributed by atoms with van der Waals surface area (Å²) in [4.78, 5) is 35.8. The molecule has 1 heterocycles. The molecule has 3 N–H and O–H groups in total. The maximum atomic E-state index is 12.5. The van der Waals surface area contributed by atoms with Gasteiger partial charge in [-0.3, -0.25) is 9.59 Å². The minimum atomic E-state index is -0.787. The summed E-state index contributed by atoms with van der Waals surface area (Å²) in [6.07, 6.45) is 0.391. The summed E-state index contributed by atoms with van der Waals surface area (Å²) in [7, 11) is 3.20. The third-order valence-corrected chi connectivity index (χ3v) is 6.24. The summed E-state index contributed by atoms with van der Waals surface area (Å²) in [6, 6.07) is 11.1. The first-order valence-corrected chi connectivity index (χ1v) is 11.1. The number of benzene rings is 1. The third kappa shape index (κ3) is 6.01. The van der Waals surface area contributed by atoms with Crippen LogP contribution in [0.2, 0.25) is 0 Å². The van der Waals surface area contributed by atoms with E-state index in [1.807, 2.05) is 13.0 Å². The summed E-state index contributed by atoms with van der Waals surface area (Å²) in [5.74, 6) is -0.606. The third-order valence-electron chi connectivity index (χ3n) is 4.98. The molecule has 0 radical (unpaired) electrons. The van der Waals surface area contributed by atoms with Crippen molar-refractivity contribution >= 4 is 35.1 Å². The number of rotatable bonds is 10. The molecule has 1 aromatic carbocycles. The number of nitriles is 1. The zero-order chi connectivity index (χ0) is 24.5. The van der Waals surface area contributed by atoms with Crippen LogP contribution in [0.15, 0.2) is 35.4 Å². The van der Waals surface area contributed by atoms with Crippen molar-refractivity contribution in [3.8, 4) is 6.07 Å². The first-order valence-electron chi connectivity index (χ1n) is 10.2. The molecule has 1 atom stereocenters. The lowest BCUT2D eigenvalue weighted by molar-refractivity contribution is -0.128. The van der Waals surface area contributed by atoms with Crippen LogP contribution in [0.5, 0.6) is 0 Å². The number of amides is 2. The van der Waals surface area contributed by atoms with E-state index in [2.05, 4.69) is 15.9 Å². The lowest BCUT2D eigenvalue weighted by atomic mass is 10.1. The number of nitrogens with zero attached hydrogens (tertiary/aromatic N) is 5. The van der Waals surface area contributed by atoms with E-state index in [9.17, 15) is 14.9 Å². The van der Waals surface area contributed by atoms with Crippen LogP contribution in [-0.4, -0.2) is 60.6 Å². The molecule has 10 heteroatoms. The molecular formula is C23H26N6O3S. The van der Waals surface area contributed by atoms with E-state index in [0.29, 0.717) is 17.5 Å². The van der Waals surface area contributed by atoms with Crippen LogP contribution in [0.4, 0.5) is 11.5 Å². The second kappa shape index (κ2) is 11.9. The number of hydrogen-bond donors (Lipinski definition) is 2. The van der Waals surface area contributed by atoms with E-state index in [1.165, 1.54) is 9.80 Å². The zero-order valence-electron chi connectivity index (χ0n) is 18.8. The molecular weight excluding hydrogens is 440 g/mol. The number of nitrogens with two attached hydrogens (primary N) is 1. The molecule has 2 aromatic rings. The number of hydrogen-bond acceptors (Lipinski definition) is 7. The number of anilines is 1. The number of carbonyl (C=O) groups is 2. The number of aromatic nitrogens is 1. The zero-order valence-corrected chi connectivity index (χ0v) is 19.6. The van der Waals surface area contributed by atoms with Crippen LogP contribution in [0.1, 0.15) is 28.9 Å². The Morgan fingerprint density at radius 2 is 2.00 bits per heavy atom. The lowest BCUT2D eigenvalue weighted by Crippen LogP contribution is -2.38. The smallest absolute Gasteiger partial charge is 0.241 e. The number of thioether (sulfide) groups is 1. The van der Waals surface area contributed by atoms with Crippen molar-refractivity contribution in [3.05, 3.63) is 58.4 Å². The number of likely N-dealkylation sites (N-methyl/N-ethyl adjacent to an activating group) is 2. The molecule has 172 valence electrons. The summed E-state index contributed by atoms with van der Waals surface area (Å²) in [6.45, 7) is 9.45. The van der Waals surface area contributed by atoms with Gasteiger partial charge >= 0.3 is 0 Å². The second-order valence-electron chi connectivity index (χ2n) is 7.23. The quantitative estimate of drug-likeness (QED) is 0.406. The first-order chi connectivity index (χ1) is 15.8. The van der Waals surface area contributed by atoms with E-state index >= 15 is 0 Å². The molecule has 0 spiro atoms. The highest BCUT2D eigenvalue weighted by molar-refractivity contribution is 8.00. The van der Waals surface area contributed by atoms with Gasteiger partial charge in [-0.1, -0.05) is 49.0 Å². The number of primary amides is 1. The van der Waals surface area contributed by atoms with Gasteiger partial charge in [-0.25, -0.2) is 9.83 Å². The van der Waals surface area contributed by atoms with E-state index < -0.39 is 11.2 Å². The molecule has 0 saturated heterocycles. The minimum absolute atomic E-state index is 0.0802. The van der Waals surface area contributed by atoms with E-state index in [4.69, 9.17) is 17.4 Å². The fraction of sp³-hybridized carbons (Fsp3) is 0.348. The standard InChI is InChI=1S/C23H26N6O3S/c1-5-16-17(13-24)23(33-20(21(25)32)15-9-7-6-8-10-15)27-22(19(16)26-2)29(4)14-18(31)28(3)11-12-30/h6-10,20,30H,5,11-12,14H2,1,3-4H3,(H2,25,32). The van der Waals surface area contributed by atoms with Gasteiger partial charge in [-0.15, -0.1) is 0 Å². The molecule has 1 aromatic heterocycles. The Bertz CT molecular complexity index is 1090. The molecule has 0 bridgehead atoms. The molecule has 9 nitrogen and oxygen atoms in total. The highest BCUT2D eigenvalue weighted by Crippen LogP contribution is 2.42. The van der Waals surface area contributed by atoms with Crippen molar-refractivity contribution in [3.63, 3.8) is 0 Å². The van der Waals surface area contributed by atoms with Crippen molar-refractivity contribution in [2.45, 2.75) is 23.6 Å². The number of pyridine rings is 1. The van der Waals surface area contributed by atoms with E-state index in [0.717, 1.165) is 11.8 Å². The van der Waals surface area contributed by atoms with E-state index in [1.54, 1.807) is 38.4 Å². The topological polar surface area (TPSA) is 128 Å². The summed E-state index contributed by atoms with van der Waals surface area (Å²) >= 11 is 1.05. The summed E-state index contributed by atoms with van der Waals surface area (Å²) < 4.78 is 0. The van der Waals surface area contributed by atoms with Crippen LogP contribution in [0.25, 0.3) is 4.85 Å². The number of carbonyl (C=O) groups excluding carboxylic acids is 2. The Kier molecular flexibility index (Phi) is 9.22. The minimum Gasteiger partial charge on any atom is -0.395 e. The van der Waals surface area contributed by atoms with Gasteiger partial charge in [0.15, 0.2) is 0 Å². The van der Waals surface area contributed by atoms with Gasteiger partial charge in [-0.2, -0.15) is 5.26 Å². The van der Waals surface area contributed by atoms with Crippen LogP contribution < -0.4 is 10.6 Å². The van der Waals surface area contributed by atoms with Gasteiger partial charge in [0.1, 0.15) is 22.2 Å². The molecule has 0 aliphatic rings. The molecule has 1 unspecified atom stereocenters. The Balaban J connectivity index is 2.57. The number of aliphatic hydroxyl groups excluding tert-OH is 1. The molecule has 0 aliphatic carbocycles. The maximum absolute atomic E-state index is 12.5. The Hall–Kier alpha value is -3.60. The molecule has 0 saturated carbocycles. The van der Waals surface area contributed by atoms with Crippen molar-refractivity contribution in [2.75, 3.05) is 38.7 Å². The van der Waals surface area contributed by atoms with Gasteiger partial charge in [0.25, 0.3) is 0 Å². The van der Waals surface area contributed by atoms with Crippen molar-refractivity contribution in [2.24, 2.45) is 5.73 Å². The van der Waals surface area contributed by atoms with Crippen molar-refractivity contribution < 1.29 is 14.7 Å². The first kappa shape index (κ1) is 25.7. The van der Waals surface area contributed by atoms with Crippen LogP contribution in [0.3, 0.4) is 0 Å². The largest absolute Gasteiger partial charge is 0.395 e. The predicted octanol–water partition coefficient (Wildman–Crippen LogP) is 2.27. The monoisotopic (exact) mass is 466 g/mol. The van der Waals surface area contributed by atoms with Crippen molar-refractivity contribution in [1.82, 2.24) is 9.88 Å². The normalized spacial score (nSPS) is 11.2. The van der Waals surface area contributed by atoms with Crippen LogP contribution in [-0.2, 0) is 16.0 Å². The molecule has 2 rings (SSSR count). The maximum Gasteiger partial charge on any atom is 0.241 e. The second-order valence-corrected chi connectivity index (χ2v) is 8.32. The van der Waals surface area contributed by atoms with Gasteiger partial charge in [0.2, 0.25) is 17.5 Å². The van der Waals surface area contributed by atoms with E-state index in [-0.39, 0.29) is 47.7 Å². The SMILES string of the molecule is [C-]#[N+]c1c(N(C)CC(=O)N(C)CCO)nc(SC(C(N)=O)c2ccccc2)c(C#N)c1CC. The van der Waals surface area contributed by atoms with Crippen molar-refractivity contribution in [1.29, 1.82) is 5.26 Å². The lowest BCUT2D eigenvalue weighted by Gasteiger charge is -2.25.